The first-order valence-corrected chi connectivity index (χ1v) is 8.22. The zero-order valence-electron chi connectivity index (χ0n) is 14.8. The van der Waals surface area contributed by atoms with Gasteiger partial charge in [0.2, 0.25) is 0 Å². The second-order valence-corrected chi connectivity index (χ2v) is 6.15. The van der Waals surface area contributed by atoms with Crippen molar-refractivity contribution in [3.63, 3.8) is 0 Å². The standard InChI is InChI=1S/C19H24N2O2S/c1-12-6-7-13(2)16(10-12)14(3)20-19(24)21-17-9-8-15(22-4)11-18(17)23-5/h6-11,14H,1-5H3,(H2,20,21,24). The molecule has 0 aliphatic carbocycles. The van der Waals surface area contributed by atoms with E-state index in [-0.39, 0.29) is 6.04 Å². The molecule has 0 radical (unpaired) electrons. The molecule has 2 aromatic rings. The molecular weight excluding hydrogens is 320 g/mol. The molecule has 0 spiro atoms. The van der Waals surface area contributed by atoms with E-state index in [1.807, 2.05) is 18.2 Å². The van der Waals surface area contributed by atoms with Crippen LogP contribution in [0.15, 0.2) is 36.4 Å². The number of methoxy groups -OCH3 is 2. The van der Waals surface area contributed by atoms with Gasteiger partial charge in [0, 0.05) is 6.07 Å². The van der Waals surface area contributed by atoms with Crippen molar-refractivity contribution in [2.75, 3.05) is 19.5 Å². The molecule has 0 aliphatic heterocycles. The van der Waals surface area contributed by atoms with Crippen molar-refractivity contribution < 1.29 is 9.47 Å². The topological polar surface area (TPSA) is 42.5 Å². The fourth-order valence-corrected chi connectivity index (χ4v) is 2.85. The van der Waals surface area contributed by atoms with Crippen molar-refractivity contribution in [2.45, 2.75) is 26.8 Å². The summed E-state index contributed by atoms with van der Waals surface area (Å²) in [6.45, 7) is 6.30. The molecule has 2 N–H and O–H groups in total. The first kappa shape index (κ1) is 18.1. The summed E-state index contributed by atoms with van der Waals surface area (Å²) in [6, 6.07) is 12.1. The van der Waals surface area contributed by atoms with Gasteiger partial charge >= 0.3 is 0 Å². The number of benzene rings is 2. The molecule has 0 fully saturated rings. The summed E-state index contributed by atoms with van der Waals surface area (Å²) in [7, 11) is 3.25. The number of ether oxygens (including phenoxy) is 2. The Kier molecular flexibility index (Phi) is 6.04. The molecule has 24 heavy (non-hydrogen) atoms. The van der Waals surface area contributed by atoms with Gasteiger partial charge in [-0.05, 0) is 56.2 Å². The molecule has 2 rings (SSSR count). The molecule has 0 saturated carbocycles. The summed E-state index contributed by atoms with van der Waals surface area (Å²) in [5.41, 5.74) is 4.51. The largest absolute Gasteiger partial charge is 0.497 e. The maximum absolute atomic E-state index is 5.45. The predicted octanol–water partition coefficient (Wildman–Crippen LogP) is 4.37. The van der Waals surface area contributed by atoms with E-state index < -0.39 is 0 Å². The molecule has 2 aromatic carbocycles. The third-order valence-corrected chi connectivity index (χ3v) is 4.13. The van der Waals surface area contributed by atoms with Crippen LogP contribution < -0.4 is 20.1 Å². The van der Waals surface area contributed by atoms with E-state index in [1.165, 1.54) is 16.7 Å². The highest BCUT2D eigenvalue weighted by Gasteiger charge is 2.12. The molecule has 0 heterocycles. The van der Waals surface area contributed by atoms with Crippen LogP contribution in [0.5, 0.6) is 11.5 Å². The monoisotopic (exact) mass is 344 g/mol. The quantitative estimate of drug-likeness (QED) is 0.789. The minimum absolute atomic E-state index is 0.106. The summed E-state index contributed by atoms with van der Waals surface area (Å²) in [5, 5.41) is 7.06. The van der Waals surface area contributed by atoms with Crippen LogP contribution in [-0.2, 0) is 0 Å². The van der Waals surface area contributed by atoms with E-state index in [0.717, 1.165) is 11.4 Å². The number of anilines is 1. The Morgan fingerprint density at radius 3 is 2.46 bits per heavy atom. The van der Waals surface area contributed by atoms with Gasteiger partial charge in [-0.15, -0.1) is 0 Å². The van der Waals surface area contributed by atoms with Crippen molar-refractivity contribution in [1.82, 2.24) is 5.32 Å². The average molecular weight is 344 g/mol. The first-order valence-electron chi connectivity index (χ1n) is 7.81. The minimum Gasteiger partial charge on any atom is -0.497 e. The fourth-order valence-electron chi connectivity index (χ4n) is 2.56. The number of rotatable bonds is 5. The van der Waals surface area contributed by atoms with Crippen LogP contribution in [0.3, 0.4) is 0 Å². The van der Waals surface area contributed by atoms with Crippen LogP contribution >= 0.6 is 12.2 Å². The Morgan fingerprint density at radius 2 is 1.79 bits per heavy atom. The molecule has 128 valence electrons. The Labute approximate surface area is 149 Å². The zero-order chi connectivity index (χ0) is 17.7. The molecule has 4 nitrogen and oxygen atoms in total. The van der Waals surface area contributed by atoms with E-state index in [9.17, 15) is 0 Å². The molecular formula is C19H24N2O2S. The first-order chi connectivity index (χ1) is 11.4. The maximum atomic E-state index is 5.45. The number of hydrogen-bond donors (Lipinski definition) is 2. The fraction of sp³-hybridized carbons (Fsp3) is 0.316. The molecule has 0 bridgehead atoms. The zero-order valence-corrected chi connectivity index (χ0v) is 15.6. The second-order valence-electron chi connectivity index (χ2n) is 5.75. The lowest BCUT2D eigenvalue weighted by atomic mass is 10.0. The number of thiocarbonyl (C=S) groups is 1. The second kappa shape index (κ2) is 8.02. The van der Waals surface area contributed by atoms with Gasteiger partial charge in [0.15, 0.2) is 5.11 Å². The van der Waals surface area contributed by atoms with E-state index in [2.05, 4.69) is 49.6 Å². The summed E-state index contributed by atoms with van der Waals surface area (Å²) >= 11 is 5.45. The van der Waals surface area contributed by atoms with Crippen LogP contribution in [0.2, 0.25) is 0 Å². The van der Waals surface area contributed by atoms with E-state index in [1.54, 1.807) is 14.2 Å². The third-order valence-electron chi connectivity index (χ3n) is 3.91. The van der Waals surface area contributed by atoms with Crippen molar-refractivity contribution in [2.24, 2.45) is 0 Å². The normalized spacial score (nSPS) is 11.5. The van der Waals surface area contributed by atoms with Gasteiger partial charge in [0.25, 0.3) is 0 Å². The molecule has 1 unspecified atom stereocenters. The Bertz CT molecular complexity index is 731. The van der Waals surface area contributed by atoms with Gasteiger partial charge in [-0.25, -0.2) is 0 Å². The maximum Gasteiger partial charge on any atom is 0.171 e. The van der Waals surface area contributed by atoms with Gasteiger partial charge in [0.05, 0.1) is 25.9 Å². The lowest BCUT2D eigenvalue weighted by Crippen LogP contribution is -2.31. The van der Waals surface area contributed by atoms with Gasteiger partial charge < -0.3 is 20.1 Å². The van der Waals surface area contributed by atoms with Crippen molar-refractivity contribution in [1.29, 1.82) is 0 Å². The summed E-state index contributed by atoms with van der Waals surface area (Å²) in [6.07, 6.45) is 0. The number of aryl methyl sites for hydroxylation is 2. The third kappa shape index (κ3) is 4.38. The van der Waals surface area contributed by atoms with Crippen LogP contribution in [0.25, 0.3) is 0 Å². The molecule has 0 saturated heterocycles. The van der Waals surface area contributed by atoms with Crippen LogP contribution in [-0.4, -0.2) is 19.3 Å². The van der Waals surface area contributed by atoms with Crippen molar-refractivity contribution >= 4 is 23.0 Å². The molecule has 0 aliphatic rings. The smallest absolute Gasteiger partial charge is 0.171 e. The minimum atomic E-state index is 0.106. The van der Waals surface area contributed by atoms with Gasteiger partial charge in [-0.2, -0.15) is 0 Å². The predicted molar refractivity (Wildman–Crippen MR) is 103 cm³/mol. The Hall–Kier alpha value is -2.27. The van der Waals surface area contributed by atoms with Gasteiger partial charge in [-0.3, -0.25) is 0 Å². The number of hydrogen-bond acceptors (Lipinski definition) is 3. The van der Waals surface area contributed by atoms with E-state index in [4.69, 9.17) is 21.7 Å². The Morgan fingerprint density at radius 1 is 1.04 bits per heavy atom. The lowest BCUT2D eigenvalue weighted by molar-refractivity contribution is 0.395. The molecule has 0 aromatic heterocycles. The number of nitrogens with one attached hydrogen (secondary N) is 2. The van der Waals surface area contributed by atoms with Crippen LogP contribution in [0.1, 0.15) is 29.7 Å². The summed E-state index contributed by atoms with van der Waals surface area (Å²) < 4.78 is 10.6. The summed E-state index contributed by atoms with van der Waals surface area (Å²) in [5.74, 6) is 1.41. The highest BCUT2D eigenvalue weighted by Crippen LogP contribution is 2.29. The Balaban J connectivity index is 2.09. The lowest BCUT2D eigenvalue weighted by Gasteiger charge is -2.20. The van der Waals surface area contributed by atoms with Crippen LogP contribution in [0, 0.1) is 13.8 Å². The summed E-state index contributed by atoms with van der Waals surface area (Å²) in [4.78, 5) is 0. The van der Waals surface area contributed by atoms with Crippen LogP contribution in [0.4, 0.5) is 5.69 Å². The molecule has 1 atom stereocenters. The molecule has 5 heteroatoms. The molecule has 0 amide bonds. The highest BCUT2D eigenvalue weighted by molar-refractivity contribution is 7.80. The SMILES string of the molecule is COc1ccc(NC(=S)NC(C)c2cc(C)ccc2C)c(OC)c1. The van der Waals surface area contributed by atoms with Crippen molar-refractivity contribution in [3.05, 3.63) is 53.1 Å². The van der Waals surface area contributed by atoms with E-state index in [0.29, 0.717) is 10.9 Å². The average Bonchev–Trinajstić information content (AvgIpc) is 2.57. The van der Waals surface area contributed by atoms with Gasteiger partial charge in [-0.1, -0.05) is 23.8 Å². The van der Waals surface area contributed by atoms with E-state index >= 15 is 0 Å². The van der Waals surface area contributed by atoms with Crippen molar-refractivity contribution in [3.8, 4) is 11.5 Å². The highest BCUT2D eigenvalue weighted by atomic mass is 32.1. The van der Waals surface area contributed by atoms with Gasteiger partial charge in [0.1, 0.15) is 11.5 Å².